The van der Waals surface area contributed by atoms with Gasteiger partial charge < -0.3 is 10.6 Å². The Kier molecular flexibility index (Phi) is 10.1. The van der Waals surface area contributed by atoms with Crippen LogP contribution in [-0.4, -0.2) is 34.3 Å². The molecule has 4 rings (SSSR count). The Balaban J connectivity index is 0.00000324. The summed E-state index contributed by atoms with van der Waals surface area (Å²) in [5.74, 6) is 1.14. The maximum Gasteiger partial charge on any atom is 0.191 e. The van der Waals surface area contributed by atoms with Gasteiger partial charge >= 0.3 is 0 Å². The number of hydrogen-bond acceptors (Lipinski definition) is 3. The van der Waals surface area contributed by atoms with Crippen molar-refractivity contribution in [2.24, 2.45) is 4.99 Å². The van der Waals surface area contributed by atoms with Crippen molar-refractivity contribution in [3.63, 3.8) is 0 Å². The zero-order chi connectivity index (χ0) is 22.7. The lowest BCUT2D eigenvalue weighted by molar-refractivity contribution is 0.644. The molecule has 1 aromatic heterocycles. The quantitative estimate of drug-likeness (QED) is 0.176. The second kappa shape index (κ2) is 13.5. The van der Waals surface area contributed by atoms with E-state index in [1.807, 2.05) is 11.7 Å². The number of benzene rings is 3. The molecule has 0 radical (unpaired) electrons. The monoisotopic (exact) mass is 566 g/mol. The number of halogens is 1. The van der Waals surface area contributed by atoms with Crippen molar-refractivity contribution in [1.29, 1.82) is 0 Å². The zero-order valence-electron chi connectivity index (χ0n) is 19.3. The number of rotatable bonds is 9. The Morgan fingerprint density at radius 2 is 1.59 bits per heavy atom. The Morgan fingerprint density at radius 3 is 2.29 bits per heavy atom. The molecule has 0 aliphatic rings. The van der Waals surface area contributed by atoms with Crippen molar-refractivity contribution in [1.82, 2.24) is 25.4 Å². The normalized spacial score (nSPS) is 12.0. The summed E-state index contributed by atoms with van der Waals surface area (Å²) in [6.07, 6.45) is 4.26. The predicted octanol–water partition coefficient (Wildman–Crippen LogP) is 4.64. The summed E-state index contributed by atoms with van der Waals surface area (Å²) in [5, 5.41) is 11.2. The van der Waals surface area contributed by atoms with Crippen molar-refractivity contribution in [3.05, 3.63) is 120 Å². The zero-order valence-corrected chi connectivity index (χ0v) is 21.7. The number of aliphatic imine (C=N–C) groups is 1. The van der Waals surface area contributed by atoms with E-state index in [9.17, 15) is 0 Å². The number of aromatic nitrogens is 3. The highest BCUT2D eigenvalue weighted by atomic mass is 127. The Labute approximate surface area is 218 Å². The molecule has 0 aliphatic heterocycles. The SMILES string of the molecule is CN=C(NCc1cccc(Cn2cncn2)c1)NCC(Cc1ccccc1)c1ccccc1.I. The highest BCUT2D eigenvalue weighted by Gasteiger charge is 2.13. The van der Waals surface area contributed by atoms with Crippen molar-refractivity contribution < 1.29 is 0 Å². The van der Waals surface area contributed by atoms with Crippen LogP contribution in [0.1, 0.15) is 28.2 Å². The first-order valence-electron chi connectivity index (χ1n) is 11.2. The van der Waals surface area contributed by atoms with Crippen molar-refractivity contribution in [3.8, 4) is 0 Å². The van der Waals surface area contributed by atoms with Gasteiger partial charge in [0.25, 0.3) is 0 Å². The third-order valence-electron chi connectivity index (χ3n) is 5.60. The minimum absolute atomic E-state index is 0. The van der Waals surface area contributed by atoms with E-state index in [0.29, 0.717) is 19.0 Å². The average Bonchev–Trinajstić information content (AvgIpc) is 3.38. The summed E-state index contributed by atoms with van der Waals surface area (Å²) in [6.45, 7) is 2.20. The maximum atomic E-state index is 4.43. The van der Waals surface area contributed by atoms with Crippen molar-refractivity contribution >= 4 is 29.9 Å². The minimum atomic E-state index is 0. The standard InChI is InChI=1S/C27H30N6.HI/c1-28-27(30-17-23-11-8-12-24(15-23)19-33-21-29-20-32-33)31-18-26(25-13-6-3-7-14-25)16-22-9-4-2-5-10-22;/h2-15,20-21,26H,16-19H2,1H3,(H2,28,30,31);1H. The van der Waals surface area contributed by atoms with E-state index >= 15 is 0 Å². The molecule has 0 bridgehead atoms. The molecule has 7 heteroatoms. The van der Waals surface area contributed by atoms with Gasteiger partial charge in [-0.15, -0.1) is 24.0 Å². The lowest BCUT2D eigenvalue weighted by Crippen LogP contribution is -2.39. The molecule has 0 spiro atoms. The van der Waals surface area contributed by atoms with E-state index in [1.54, 1.807) is 12.7 Å². The molecule has 176 valence electrons. The Morgan fingerprint density at radius 1 is 0.882 bits per heavy atom. The van der Waals surface area contributed by atoms with Gasteiger partial charge in [0.1, 0.15) is 12.7 Å². The van der Waals surface area contributed by atoms with E-state index in [2.05, 4.69) is 111 Å². The third kappa shape index (κ3) is 7.69. The molecule has 1 heterocycles. The van der Waals surface area contributed by atoms with Crippen LogP contribution in [0.2, 0.25) is 0 Å². The molecule has 0 saturated carbocycles. The fraction of sp³-hybridized carbons (Fsp3) is 0.222. The lowest BCUT2D eigenvalue weighted by atomic mass is 9.92. The number of nitrogens with zero attached hydrogens (tertiary/aromatic N) is 4. The van der Waals surface area contributed by atoms with Crippen molar-refractivity contribution in [2.75, 3.05) is 13.6 Å². The Hall–Kier alpha value is -3.20. The molecule has 6 nitrogen and oxygen atoms in total. The van der Waals surface area contributed by atoms with Crippen LogP contribution in [0.5, 0.6) is 0 Å². The first kappa shape index (κ1) is 25.4. The van der Waals surface area contributed by atoms with E-state index in [-0.39, 0.29) is 24.0 Å². The molecular weight excluding hydrogens is 535 g/mol. The van der Waals surface area contributed by atoms with E-state index in [0.717, 1.165) is 18.9 Å². The highest BCUT2D eigenvalue weighted by molar-refractivity contribution is 14.0. The molecule has 1 atom stereocenters. The summed E-state index contributed by atoms with van der Waals surface area (Å²) in [4.78, 5) is 8.44. The van der Waals surface area contributed by atoms with Crippen LogP contribution in [0.25, 0.3) is 0 Å². The third-order valence-corrected chi connectivity index (χ3v) is 5.60. The number of nitrogens with one attached hydrogen (secondary N) is 2. The minimum Gasteiger partial charge on any atom is -0.356 e. The molecule has 0 amide bonds. The van der Waals surface area contributed by atoms with Gasteiger partial charge in [0.05, 0.1) is 6.54 Å². The predicted molar refractivity (Wildman–Crippen MR) is 149 cm³/mol. The summed E-state index contributed by atoms with van der Waals surface area (Å²) in [7, 11) is 1.81. The van der Waals surface area contributed by atoms with Gasteiger partial charge in [-0.3, -0.25) is 4.99 Å². The van der Waals surface area contributed by atoms with Crippen LogP contribution in [0, 0.1) is 0 Å². The fourth-order valence-corrected chi connectivity index (χ4v) is 3.90. The smallest absolute Gasteiger partial charge is 0.191 e. The molecule has 3 aromatic carbocycles. The lowest BCUT2D eigenvalue weighted by Gasteiger charge is -2.20. The molecule has 34 heavy (non-hydrogen) atoms. The molecule has 0 fully saturated rings. The molecule has 0 aliphatic carbocycles. The molecule has 4 aromatic rings. The molecular formula is C27H31IN6. The van der Waals surface area contributed by atoms with Crippen LogP contribution in [0.3, 0.4) is 0 Å². The second-order valence-corrected chi connectivity index (χ2v) is 8.02. The van der Waals surface area contributed by atoms with E-state index in [4.69, 9.17) is 0 Å². The van der Waals surface area contributed by atoms with Gasteiger partial charge in [-0.2, -0.15) is 5.10 Å². The molecule has 0 saturated heterocycles. The molecule has 1 unspecified atom stereocenters. The van der Waals surface area contributed by atoms with Gasteiger partial charge in [-0.1, -0.05) is 84.9 Å². The summed E-state index contributed by atoms with van der Waals surface area (Å²) in [5.41, 5.74) is 5.04. The van der Waals surface area contributed by atoms with Crippen molar-refractivity contribution in [2.45, 2.75) is 25.4 Å². The molecule has 2 N–H and O–H groups in total. The van der Waals surface area contributed by atoms with Gasteiger partial charge in [0.2, 0.25) is 0 Å². The number of hydrogen-bond donors (Lipinski definition) is 2. The summed E-state index contributed by atoms with van der Waals surface area (Å²) >= 11 is 0. The average molecular weight is 566 g/mol. The van der Waals surface area contributed by atoms with Crippen LogP contribution in [0.4, 0.5) is 0 Å². The summed E-state index contributed by atoms with van der Waals surface area (Å²) in [6, 6.07) is 29.8. The van der Waals surface area contributed by atoms with E-state index in [1.165, 1.54) is 22.3 Å². The first-order valence-corrected chi connectivity index (χ1v) is 11.2. The van der Waals surface area contributed by atoms with Crippen LogP contribution in [-0.2, 0) is 19.5 Å². The topological polar surface area (TPSA) is 67.1 Å². The van der Waals surface area contributed by atoms with Gasteiger partial charge in [-0.05, 0) is 28.7 Å². The van der Waals surface area contributed by atoms with Gasteiger partial charge in [0.15, 0.2) is 5.96 Å². The van der Waals surface area contributed by atoms with E-state index < -0.39 is 0 Å². The fourth-order valence-electron chi connectivity index (χ4n) is 3.90. The largest absolute Gasteiger partial charge is 0.356 e. The highest BCUT2D eigenvalue weighted by Crippen LogP contribution is 2.20. The Bertz CT molecular complexity index is 1130. The van der Waals surface area contributed by atoms with Crippen LogP contribution in [0.15, 0.2) is 103 Å². The first-order chi connectivity index (χ1) is 16.3. The maximum absolute atomic E-state index is 4.43. The second-order valence-electron chi connectivity index (χ2n) is 8.02. The van der Waals surface area contributed by atoms with Crippen LogP contribution >= 0.6 is 24.0 Å². The summed E-state index contributed by atoms with van der Waals surface area (Å²) < 4.78 is 1.82. The van der Waals surface area contributed by atoms with Crippen LogP contribution < -0.4 is 10.6 Å². The van der Waals surface area contributed by atoms with Gasteiger partial charge in [-0.25, -0.2) is 9.67 Å². The van der Waals surface area contributed by atoms with Gasteiger partial charge in [0, 0.05) is 26.1 Å². The number of guanidine groups is 1.